The summed E-state index contributed by atoms with van der Waals surface area (Å²) in [7, 11) is 0. The molecule has 1 heterocycles. The van der Waals surface area contributed by atoms with Crippen LogP contribution < -0.4 is 5.32 Å². The van der Waals surface area contributed by atoms with E-state index in [1.54, 1.807) is 30.3 Å². The van der Waals surface area contributed by atoms with E-state index in [0.29, 0.717) is 4.90 Å². The molecule has 0 amide bonds. The molecule has 0 saturated heterocycles. The highest BCUT2D eigenvalue weighted by atomic mass is 127. The zero-order chi connectivity index (χ0) is 24.9. The van der Waals surface area contributed by atoms with E-state index in [1.807, 2.05) is 6.07 Å². The summed E-state index contributed by atoms with van der Waals surface area (Å²) in [5.74, 6) is 0.0794. The van der Waals surface area contributed by atoms with Crippen LogP contribution in [0.25, 0.3) is 0 Å². The van der Waals surface area contributed by atoms with E-state index in [9.17, 15) is 20.2 Å². The standard InChI is InChI=1S/C25H21ClIN3O4S/c1-13-9-15(27)11-17-22-18(25(28-24(13)17)14-5-4-6-16(10-14)29(31)32)12-21(23(22)26)35-20-8-3-2-7-19(20)30(33)34/h2-11,18,21-23,25,28H,12H2,1H3. The monoisotopic (exact) mass is 621 g/mol. The fraction of sp³-hybridized carbons (Fsp3) is 0.280. The molecule has 1 saturated carbocycles. The lowest BCUT2D eigenvalue weighted by atomic mass is 9.76. The Balaban J connectivity index is 1.58. The van der Waals surface area contributed by atoms with Crippen molar-refractivity contribution < 1.29 is 9.85 Å². The molecule has 1 aliphatic heterocycles. The van der Waals surface area contributed by atoms with Crippen molar-refractivity contribution in [3.8, 4) is 0 Å². The van der Waals surface area contributed by atoms with Crippen molar-refractivity contribution in [1.29, 1.82) is 0 Å². The van der Waals surface area contributed by atoms with Gasteiger partial charge in [-0.05, 0) is 76.7 Å². The second-order valence-corrected chi connectivity index (χ2v) is 11.9. The van der Waals surface area contributed by atoms with Gasteiger partial charge in [-0.1, -0.05) is 24.3 Å². The molecule has 2 aliphatic rings. The number of hydrogen-bond acceptors (Lipinski definition) is 6. The number of fused-ring (bicyclic) bond motifs is 3. The molecule has 0 bridgehead atoms. The highest BCUT2D eigenvalue weighted by molar-refractivity contribution is 14.1. The molecule has 10 heteroatoms. The first-order valence-electron chi connectivity index (χ1n) is 11.1. The van der Waals surface area contributed by atoms with Crippen LogP contribution in [-0.4, -0.2) is 20.5 Å². The van der Waals surface area contributed by atoms with Crippen molar-refractivity contribution in [1.82, 2.24) is 0 Å². The molecule has 3 aromatic carbocycles. The number of alkyl halides is 1. The summed E-state index contributed by atoms with van der Waals surface area (Å²) in [5, 5.41) is 26.4. The SMILES string of the molecule is Cc1cc(I)cc2c1NC(c1cccc([N+](=O)[O-])c1)C1CC(Sc3ccccc3[N+](=O)[O-])C(Cl)C21. The van der Waals surface area contributed by atoms with Gasteiger partial charge in [0.15, 0.2) is 0 Å². The van der Waals surface area contributed by atoms with E-state index in [0.717, 1.165) is 32.4 Å². The summed E-state index contributed by atoms with van der Waals surface area (Å²) in [4.78, 5) is 22.9. The Kier molecular flexibility index (Phi) is 6.67. The quantitative estimate of drug-likeness (QED) is 0.138. The molecule has 1 N–H and O–H groups in total. The van der Waals surface area contributed by atoms with Gasteiger partial charge in [0.25, 0.3) is 11.4 Å². The summed E-state index contributed by atoms with van der Waals surface area (Å²) >= 11 is 10.9. The predicted molar refractivity (Wildman–Crippen MR) is 147 cm³/mol. The lowest BCUT2D eigenvalue weighted by Crippen LogP contribution is -2.31. The van der Waals surface area contributed by atoms with Gasteiger partial charge in [-0.15, -0.1) is 23.4 Å². The first-order chi connectivity index (χ1) is 16.7. The summed E-state index contributed by atoms with van der Waals surface area (Å²) in [6.45, 7) is 2.05. The maximum Gasteiger partial charge on any atom is 0.282 e. The average Bonchev–Trinajstić information content (AvgIpc) is 3.15. The van der Waals surface area contributed by atoms with Crippen molar-refractivity contribution in [2.75, 3.05) is 5.32 Å². The lowest BCUT2D eigenvalue weighted by molar-refractivity contribution is -0.387. The van der Waals surface area contributed by atoms with Crippen molar-refractivity contribution in [3.63, 3.8) is 0 Å². The molecular formula is C25H21ClIN3O4S. The van der Waals surface area contributed by atoms with Crippen LogP contribution in [0.1, 0.15) is 35.1 Å². The number of nitrogens with zero attached hydrogens (tertiary/aromatic N) is 2. The van der Waals surface area contributed by atoms with Gasteiger partial charge < -0.3 is 5.32 Å². The predicted octanol–water partition coefficient (Wildman–Crippen LogP) is 7.45. The Hall–Kier alpha value is -2.37. The zero-order valence-corrected chi connectivity index (χ0v) is 22.3. The lowest BCUT2D eigenvalue weighted by Gasteiger charge is -2.39. The number of nitro benzene ring substituents is 2. The van der Waals surface area contributed by atoms with Crippen molar-refractivity contribution in [2.45, 2.75) is 40.8 Å². The Bertz CT molecular complexity index is 1340. The molecule has 1 aliphatic carbocycles. The second kappa shape index (κ2) is 9.59. The van der Waals surface area contributed by atoms with Crippen LogP contribution in [0.5, 0.6) is 0 Å². The minimum absolute atomic E-state index is 0.00543. The number of aryl methyl sites for hydroxylation is 1. The van der Waals surface area contributed by atoms with E-state index < -0.39 is 0 Å². The molecule has 3 aromatic rings. The van der Waals surface area contributed by atoms with Crippen LogP contribution in [0.3, 0.4) is 0 Å². The molecule has 0 radical (unpaired) electrons. The minimum atomic E-state index is -0.377. The van der Waals surface area contributed by atoms with Crippen LogP contribution in [0.15, 0.2) is 65.6 Å². The highest BCUT2D eigenvalue weighted by Gasteiger charge is 2.50. The Morgan fingerprint density at radius 3 is 2.57 bits per heavy atom. The normalized spacial score (nSPS) is 24.8. The van der Waals surface area contributed by atoms with Crippen molar-refractivity contribution >= 4 is 63.0 Å². The number of halogens is 2. The Morgan fingerprint density at radius 2 is 1.83 bits per heavy atom. The first kappa shape index (κ1) is 24.3. The van der Waals surface area contributed by atoms with E-state index >= 15 is 0 Å². The number of hydrogen-bond donors (Lipinski definition) is 1. The third-order valence-corrected chi connectivity index (χ3v) is 9.60. The third kappa shape index (κ3) is 4.49. The number of benzene rings is 3. The second-order valence-electron chi connectivity index (χ2n) is 8.91. The van der Waals surface area contributed by atoms with Gasteiger partial charge in [-0.3, -0.25) is 20.2 Å². The summed E-state index contributed by atoms with van der Waals surface area (Å²) in [6, 6.07) is 17.6. The number of non-ortho nitro benzene ring substituents is 1. The molecule has 1 fully saturated rings. The van der Waals surface area contributed by atoms with E-state index in [2.05, 4.69) is 47.0 Å². The number of nitrogens with one attached hydrogen (secondary N) is 1. The number of para-hydroxylation sites is 1. The van der Waals surface area contributed by atoms with Gasteiger partial charge in [0.1, 0.15) is 0 Å². The zero-order valence-electron chi connectivity index (χ0n) is 18.6. The molecule has 5 rings (SSSR count). The molecule has 5 atom stereocenters. The van der Waals surface area contributed by atoms with Gasteiger partial charge >= 0.3 is 0 Å². The van der Waals surface area contributed by atoms with Gasteiger partial charge in [0.2, 0.25) is 0 Å². The highest BCUT2D eigenvalue weighted by Crippen LogP contribution is 2.58. The fourth-order valence-corrected chi connectivity index (χ4v) is 8.14. The van der Waals surface area contributed by atoms with E-state index in [1.165, 1.54) is 23.9 Å². The first-order valence-corrected chi connectivity index (χ1v) is 13.5. The number of anilines is 1. The molecule has 35 heavy (non-hydrogen) atoms. The number of rotatable bonds is 5. The topological polar surface area (TPSA) is 98.3 Å². The van der Waals surface area contributed by atoms with Gasteiger partial charge in [0, 0.05) is 38.6 Å². The van der Waals surface area contributed by atoms with Gasteiger partial charge in [-0.2, -0.15) is 0 Å². The number of thioether (sulfide) groups is 1. The van der Waals surface area contributed by atoms with Crippen LogP contribution in [-0.2, 0) is 0 Å². The molecule has 5 unspecified atom stereocenters. The van der Waals surface area contributed by atoms with Crippen LogP contribution in [0.2, 0.25) is 0 Å². The summed E-state index contributed by atoms with van der Waals surface area (Å²) in [5.41, 5.74) is 4.24. The van der Waals surface area contributed by atoms with Gasteiger partial charge in [-0.25, -0.2) is 0 Å². The summed E-state index contributed by atoms with van der Waals surface area (Å²) < 4.78 is 1.12. The average molecular weight is 622 g/mol. The van der Waals surface area contributed by atoms with Crippen LogP contribution >= 0.6 is 46.0 Å². The fourth-order valence-electron chi connectivity index (χ4n) is 5.40. The third-order valence-electron chi connectivity index (χ3n) is 6.86. The number of nitro groups is 2. The largest absolute Gasteiger partial charge is 0.377 e. The Labute approximate surface area is 225 Å². The van der Waals surface area contributed by atoms with Crippen molar-refractivity contribution in [3.05, 3.63) is 101 Å². The molecule has 0 spiro atoms. The van der Waals surface area contributed by atoms with Crippen LogP contribution in [0.4, 0.5) is 17.1 Å². The van der Waals surface area contributed by atoms with Gasteiger partial charge in [0.05, 0.1) is 26.2 Å². The molecule has 180 valence electrons. The minimum Gasteiger partial charge on any atom is -0.377 e. The molecular weight excluding hydrogens is 601 g/mol. The van der Waals surface area contributed by atoms with E-state index in [4.69, 9.17) is 11.6 Å². The molecule has 0 aromatic heterocycles. The van der Waals surface area contributed by atoms with E-state index in [-0.39, 0.29) is 49.7 Å². The maximum absolute atomic E-state index is 11.6. The maximum atomic E-state index is 11.6. The smallest absolute Gasteiger partial charge is 0.282 e. The Morgan fingerprint density at radius 1 is 1.06 bits per heavy atom. The van der Waals surface area contributed by atoms with Crippen LogP contribution in [0, 0.1) is 36.6 Å². The summed E-state index contributed by atoms with van der Waals surface area (Å²) in [6.07, 6.45) is 0.722. The van der Waals surface area contributed by atoms with Crippen molar-refractivity contribution in [2.24, 2.45) is 5.92 Å². The molecule has 7 nitrogen and oxygen atoms in total.